The third kappa shape index (κ3) is 24.4. The Hall–Kier alpha value is 0.380. The van der Waals surface area contributed by atoms with Crippen LogP contribution in [0.2, 0.25) is 0 Å². The highest BCUT2D eigenvalue weighted by Gasteiger charge is 2.24. The fraction of sp³-hybridized carbons (Fsp3) is 1.00. The van der Waals surface area contributed by atoms with Gasteiger partial charge in [-0.25, -0.2) is 4.57 Å². The second kappa shape index (κ2) is 21.7. The highest BCUT2D eigenvalue weighted by atomic mass is 32.7. The molecule has 0 atom stereocenters. The van der Waals surface area contributed by atoms with E-state index in [-0.39, 0.29) is 0 Å². The van der Waals surface area contributed by atoms with Crippen LogP contribution in [0, 0.1) is 0 Å². The summed E-state index contributed by atoms with van der Waals surface area (Å²) in [4.78, 5) is 2.29. The molecule has 0 heterocycles. The lowest BCUT2D eigenvalue weighted by atomic mass is 10.3. The Bertz CT molecular complexity index is 302. The van der Waals surface area contributed by atoms with Gasteiger partial charge >= 0.3 is 6.80 Å². The molecule has 0 saturated heterocycles. The van der Waals surface area contributed by atoms with Crippen LogP contribution in [0.5, 0.6) is 0 Å². The van der Waals surface area contributed by atoms with Crippen LogP contribution < -0.4 is 11.1 Å². The molecule has 6 nitrogen and oxygen atoms in total. The summed E-state index contributed by atoms with van der Waals surface area (Å²) in [6.45, 7) is 20.1. The maximum Gasteiger partial charge on any atom is 0.389 e. The minimum atomic E-state index is -2.91. The summed E-state index contributed by atoms with van der Waals surface area (Å²) in [5.41, 5.74) is 4.85. The van der Waals surface area contributed by atoms with Crippen molar-refractivity contribution in [2.24, 2.45) is 5.73 Å². The Morgan fingerprint density at radius 3 is 1.58 bits per heavy atom. The first-order chi connectivity index (χ1) is 12.2. The lowest BCUT2D eigenvalue weighted by Gasteiger charge is -2.20. The molecular formula is C18H46N3O3PS. The van der Waals surface area contributed by atoms with E-state index >= 15 is 0 Å². The number of nitrogens with one attached hydrogen (secondary N) is 1. The predicted octanol–water partition coefficient (Wildman–Crippen LogP) is 4.60. The van der Waals surface area contributed by atoms with Gasteiger partial charge in [-0.1, -0.05) is 48.5 Å². The standard InChI is InChI=1S/C10H24NO3PS.C6H15N.C2H7N/c1-5-11(6-2)9-10-16-15(12,13-7-3)14-8-4;1-5(2)7-6(3)4;1-2-3/h5-10H2,1-4H3;5-7H,1-4H3;2-3H2,1H3. The molecule has 0 aromatic heterocycles. The first-order valence-electron chi connectivity index (χ1n) is 9.88. The van der Waals surface area contributed by atoms with Crippen molar-refractivity contribution in [1.29, 1.82) is 0 Å². The molecule has 8 heteroatoms. The maximum absolute atomic E-state index is 12.1. The van der Waals surface area contributed by atoms with Gasteiger partial charge in [0.05, 0.1) is 13.2 Å². The number of nitrogens with zero attached hydrogens (tertiary/aromatic N) is 1. The minimum absolute atomic E-state index is 0.426. The Morgan fingerprint density at radius 1 is 0.962 bits per heavy atom. The Kier molecular flexibility index (Phi) is 25.9. The molecule has 0 aromatic rings. The highest BCUT2D eigenvalue weighted by molar-refractivity contribution is 8.55. The van der Waals surface area contributed by atoms with Crippen LogP contribution in [0.3, 0.4) is 0 Å². The molecule has 0 bridgehead atoms. The van der Waals surface area contributed by atoms with Gasteiger partial charge in [-0.05, 0) is 44.9 Å². The number of nitrogens with two attached hydrogens (primary N) is 1. The number of hydrogen-bond acceptors (Lipinski definition) is 7. The molecule has 0 aliphatic rings. The molecule has 0 saturated carbocycles. The van der Waals surface area contributed by atoms with E-state index in [1.54, 1.807) is 0 Å². The summed E-state index contributed by atoms with van der Waals surface area (Å²) < 4.78 is 22.5. The molecule has 0 aromatic carbocycles. The van der Waals surface area contributed by atoms with E-state index in [1.165, 1.54) is 11.4 Å². The second-order valence-electron chi connectivity index (χ2n) is 6.03. The van der Waals surface area contributed by atoms with Crippen LogP contribution in [0.1, 0.15) is 62.3 Å². The molecule has 0 radical (unpaired) electrons. The van der Waals surface area contributed by atoms with Crippen molar-refractivity contribution >= 4 is 18.2 Å². The molecule has 3 N–H and O–H groups in total. The molecule has 0 unspecified atom stereocenters. The van der Waals surface area contributed by atoms with Gasteiger partial charge < -0.3 is 25.0 Å². The van der Waals surface area contributed by atoms with Gasteiger partial charge in [-0.3, -0.25) is 0 Å². The van der Waals surface area contributed by atoms with Crippen molar-refractivity contribution in [2.75, 3.05) is 45.1 Å². The van der Waals surface area contributed by atoms with Crippen molar-refractivity contribution in [1.82, 2.24) is 10.2 Å². The minimum Gasteiger partial charge on any atom is -0.331 e. The summed E-state index contributed by atoms with van der Waals surface area (Å²) in [7, 11) is 0. The molecule has 0 aliphatic carbocycles. The fourth-order valence-electron chi connectivity index (χ4n) is 1.92. The Balaban J connectivity index is -0.000000438. The zero-order valence-corrected chi connectivity index (χ0v) is 20.4. The lowest BCUT2D eigenvalue weighted by molar-refractivity contribution is 0.236. The molecule has 0 amide bonds. The topological polar surface area (TPSA) is 76.8 Å². The van der Waals surface area contributed by atoms with Crippen LogP contribution in [-0.2, 0) is 13.6 Å². The normalized spacial score (nSPS) is 11.3. The summed E-state index contributed by atoms with van der Waals surface area (Å²) in [6, 6.07) is 1.25. The van der Waals surface area contributed by atoms with Gasteiger partial charge in [-0.15, -0.1) is 0 Å². The van der Waals surface area contributed by atoms with Crippen molar-refractivity contribution < 1.29 is 13.6 Å². The van der Waals surface area contributed by atoms with E-state index in [4.69, 9.17) is 14.8 Å². The molecule has 26 heavy (non-hydrogen) atoms. The highest BCUT2D eigenvalue weighted by Crippen LogP contribution is 2.60. The summed E-state index contributed by atoms with van der Waals surface area (Å²) in [5.74, 6) is 0.777. The van der Waals surface area contributed by atoms with Crippen LogP contribution in [0.15, 0.2) is 0 Å². The summed E-state index contributed by atoms with van der Waals surface area (Å²) in [6.07, 6.45) is 0. The van der Waals surface area contributed by atoms with Crippen molar-refractivity contribution in [2.45, 2.75) is 74.4 Å². The fourth-order valence-corrected chi connectivity index (χ4v) is 5.33. The molecule has 162 valence electrons. The molecule has 0 spiro atoms. The smallest absolute Gasteiger partial charge is 0.331 e. The predicted molar refractivity (Wildman–Crippen MR) is 119 cm³/mol. The zero-order valence-electron chi connectivity index (χ0n) is 18.7. The third-order valence-corrected chi connectivity index (χ3v) is 6.75. The molecule has 0 rings (SSSR count). The van der Waals surface area contributed by atoms with Crippen LogP contribution in [0.25, 0.3) is 0 Å². The largest absolute Gasteiger partial charge is 0.389 e. The van der Waals surface area contributed by atoms with Crippen molar-refractivity contribution in [3.05, 3.63) is 0 Å². The molecular weight excluding hydrogens is 369 g/mol. The quantitative estimate of drug-likeness (QED) is 0.451. The Labute approximate surface area is 167 Å². The summed E-state index contributed by atoms with van der Waals surface area (Å²) >= 11 is 1.30. The molecule has 0 fully saturated rings. The van der Waals surface area contributed by atoms with Crippen molar-refractivity contribution in [3.8, 4) is 0 Å². The van der Waals surface area contributed by atoms with Crippen LogP contribution >= 0.6 is 18.2 Å². The van der Waals surface area contributed by atoms with E-state index in [1.807, 2.05) is 20.8 Å². The van der Waals surface area contributed by atoms with E-state index < -0.39 is 6.80 Å². The van der Waals surface area contributed by atoms with Gasteiger partial charge in [0.1, 0.15) is 0 Å². The average Bonchev–Trinajstić information content (AvgIpc) is 2.52. The summed E-state index contributed by atoms with van der Waals surface area (Å²) in [5, 5.41) is 3.31. The maximum atomic E-state index is 12.1. The monoisotopic (exact) mass is 415 g/mol. The average molecular weight is 416 g/mol. The number of hydrogen-bond donors (Lipinski definition) is 2. The van der Waals surface area contributed by atoms with E-state index in [0.29, 0.717) is 25.3 Å². The van der Waals surface area contributed by atoms with E-state index in [2.05, 4.69) is 51.8 Å². The first-order valence-corrected chi connectivity index (χ1v) is 13.0. The Morgan fingerprint density at radius 2 is 1.35 bits per heavy atom. The van der Waals surface area contributed by atoms with Gasteiger partial charge in [0.2, 0.25) is 0 Å². The first kappa shape index (κ1) is 31.1. The SMILES string of the molecule is CC(C)NC(C)C.CCN.CCOP(=O)(OCC)SCCN(CC)CC. The second-order valence-corrected chi connectivity index (χ2v) is 10.2. The van der Waals surface area contributed by atoms with E-state index in [0.717, 1.165) is 31.9 Å². The lowest BCUT2D eigenvalue weighted by Crippen LogP contribution is -2.29. The zero-order chi connectivity index (χ0) is 21.0. The van der Waals surface area contributed by atoms with Gasteiger partial charge in [0, 0.05) is 24.4 Å². The van der Waals surface area contributed by atoms with Crippen molar-refractivity contribution in [3.63, 3.8) is 0 Å². The van der Waals surface area contributed by atoms with Crippen LogP contribution in [-0.4, -0.2) is 62.1 Å². The van der Waals surface area contributed by atoms with Gasteiger partial charge in [0.15, 0.2) is 0 Å². The van der Waals surface area contributed by atoms with E-state index in [9.17, 15) is 4.57 Å². The number of rotatable bonds is 12. The van der Waals surface area contributed by atoms with Gasteiger partial charge in [-0.2, -0.15) is 0 Å². The third-order valence-electron chi connectivity index (χ3n) is 2.79. The molecule has 0 aliphatic heterocycles. The van der Waals surface area contributed by atoms with Gasteiger partial charge in [0.25, 0.3) is 0 Å². The van der Waals surface area contributed by atoms with Crippen LogP contribution in [0.4, 0.5) is 0 Å².